The van der Waals surface area contributed by atoms with E-state index in [0.29, 0.717) is 19.7 Å². The molecular formula is C21H31N3O3S. The lowest BCUT2D eigenvalue weighted by molar-refractivity contribution is -0.124. The van der Waals surface area contributed by atoms with Gasteiger partial charge in [-0.25, -0.2) is 4.79 Å². The summed E-state index contributed by atoms with van der Waals surface area (Å²) < 4.78 is 5.06. The second-order valence-corrected chi connectivity index (χ2v) is 9.48. The maximum atomic E-state index is 12.8. The number of carbonyl (C=O) groups is 2. The number of thiophene rings is 1. The molecule has 6 nitrogen and oxygen atoms in total. The fraction of sp³-hybridized carbons (Fsp3) is 0.714. The predicted octanol–water partition coefficient (Wildman–Crippen LogP) is 3.09. The minimum absolute atomic E-state index is 0.190. The van der Waals surface area contributed by atoms with E-state index in [2.05, 4.69) is 27.7 Å². The van der Waals surface area contributed by atoms with Crippen LogP contribution in [0.15, 0.2) is 17.5 Å². The van der Waals surface area contributed by atoms with E-state index in [4.69, 9.17) is 4.74 Å². The molecule has 1 unspecified atom stereocenters. The van der Waals surface area contributed by atoms with Gasteiger partial charge in [-0.1, -0.05) is 6.07 Å². The number of nitrogens with zero attached hydrogens (tertiary/aromatic N) is 2. The molecule has 1 spiro atoms. The Morgan fingerprint density at radius 1 is 1.25 bits per heavy atom. The average molecular weight is 406 g/mol. The van der Waals surface area contributed by atoms with Gasteiger partial charge in [0, 0.05) is 36.5 Å². The Labute approximate surface area is 171 Å². The summed E-state index contributed by atoms with van der Waals surface area (Å²) in [6.45, 7) is 6.80. The highest BCUT2D eigenvalue weighted by Crippen LogP contribution is 2.59. The Morgan fingerprint density at radius 3 is 2.64 bits per heavy atom. The zero-order chi connectivity index (χ0) is 19.6. The molecule has 2 saturated heterocycles. The molecule has 0 aromatic carbocycles. The van der Waals surface area contributed by atoms with E-state index in [-0.39, 0.29) is 29.4 Å². The topological polar surface area (TPSA) is 61.9 Å². The van der Waals surface area contributed by atoms with Crippen LogP contribution < -0.4 is 5.32 Å². The van der Waals surface area contributed by atoms with E-state index < -0.39 is 0 Å². The quantitative estimate of drug-likeness (QED) is 0.818. The minimum atomic E-state index is -0.234. The van der Waals surface area contributed by atoms with Gasteiger partial charge in [-0.15, -0.1) is 11.3 Å². The SMILES string of the molecule is CCOC(=O)N1CCC(NC(=O)C2CC23CCN(Cc2cccs2)CC3)CC1. The lowest BCUT2D eigenvalue weighted by atomic mass is 9.90. The molecule has 7 heteroatoms. The first-order chi connectivity index (χ1) is 13.6. The molecule has 4 rings (SSSR count). The standard InChI is InChI=1S/C21H31N3O3S/c1-2-27-20(26)24-9-5-16(6-10-24)22-19(25)18-14-21(18)7-11-23(12-8-21)15-17-4-3-13-28-17/h3-4,13,16,18H,2,5-12,14-15H2,1H3,(H,22,25). The Bertz CT molecular complexity index is 677. The fourth-order valence-corrected chi connectivity index (χ4v) is 5.52. The van der Waals surface area contributed by atoms with Crippen LogP contribution in [0.3, 0.4) is 0 Å². The van der Waals surface area contributed by atoms with Gasteiger partial charge in [0.15, 0.2) is 0 Å². The number of nitrogens with one attached hydrogen (secondary N) is 1. The molecule has 3 fully saturated rings. The molecule has 154 valence electrons. The van der Waals surface area contributed by atoms with E-state index in [1.165, 1.54) is 4.88 Å². The van der Waals surface area contributed by atoms with Crippen molar-refractivity contribution in [2.45, 2.75) is 51.6 Å². The van der Waals surface area contributed by atoms with Crippen molar-refractivity contribution in [1.29, 1.82) is 0 Å². The average Bonchev–Trinajstić information content (AvgIpc) is 3.15. The zero-order valence-corrected chi connectivity index (χ0v) is 17.5. The second-order valence-electron chi connectivity index (χ2n) is 8.44. The summed E-state index contributed by atoms with van der Waals surface area (Å²) >= 11 is 1.82. The summed E-state index contributed by atoms with van der Waals surface area (Å²) in [6.07, 6.45) is 4.73. The molecule has 1 aromatic rings. The van der Waals surface area contributed by atoms with Gasteiger partial charge in [0.05, 0.1) is 6.61 Å². The smallest absolute Gasteiger partial charge is 0.409 e. The van der Waals surface area contributed by atoms with Crippen molar-refractivity contribution in [3.8, 4) is 0 Å². The number of carbonyl (C=O) groups excluding carboxylic acids is 2. The molecule has 0 radical (unpaired) electrons. The summed E-state index contributed by atoms with van der Waals surface area (Å²) in [7, 11) is 0. The minimum Gasteiger partial charge on any atom is -0.450 e. The molecule has 2 aliphatic heterocycles. The van der Waals surface area contributed by atoms with E-state index in [0.717, 1.165) is 51.7 Å². The molecule has 1 aliphatic carbocycles. The van der Waals surface area contributed by atoms with Crippen LogP contribution in [0.25, 0.3) is 0 Å². The van der Waals surface area contributed by atoms with E-state index >= 15 is 0 Å². The third kappa shape index (κ3) is 4.35. The van der Waals surface area contributed by atoms with Gasteiger partial charge in [-0.3, -0.25) is 9.69 Å². The van der Waals surface area contributed by atoms with Crippen LogP contribution in [0.4, 0.5) is 4.79 Å². The van der Waals surface area contributed by atoms with E-state index in [1.54, 1.807) is 4.90 Å². The molecule has 1 saturated carbocycles. The third-order valence-electron chi connectivity index (χ3n) is 6.68. The number of likely N-dealkylation sites (tertiary alicyclic amines) is 2. The van der Waals surface area contributed by atoms with Crippen molar-refractivity contribution in [2.75, 3.05) is 32.8 Å². The molecule has 0 bridgehead atoms. The Morgan fingerprint density at radius 2 is 2.00 bits per heavy atom. The summed E-state index contributed by atoms with van der Waals surface area (Å²) in [6, 6.07) is 4.51. The van der Waals surface area contributed by atoms with Crippen molar-refractivity contribution < 1.29 is 14.3 Å². The van der Waals surface area contributed by atoms with Crippen molar-refractivity contribution in [1.82, 2.24) is 15.1 Å². The van der Waals surface area contributed by atoms with Gasteiger partial charge in [0.2, 0.25) is 5.91 Å². The van der Waals surface area contributed by atoms with Crippen LogP contribution in [0, 0.1) is 11.3 Å². The highest BCUT2D eigenvalue weighted by molar-refractivity contribution is 7.09. The number of ether oxygens (including phenoxy) is 1. The maximum absolute atomic E-state index is 12.8. The Balaban J connectivity index is 1.19. The third-order valence-corrected chi connectivity index (χ3v) is 7.55. The summed E-state index contributed by atoms with van der Waals surface area (Å²) in [5.74, 6) is 0.431. The predicted molar refractivity (Wildman–Crippen MR) is 109 cm³/mol. The van der Waals surface area contributed by atoms with Crippen LogP contribution in [0.2, 0.25) is 0 Å². The largest absolute Gasteiger partial charge is 0.450 e. The first kappa shape index (κ1) is 19.7. The van der Waals surface area contributed by atoms with Crippen LogP contribution in [0.5, 0.6) is 0 Å². The number of amides is 2. The lowest BCUT2D eigenvalue weighted by Gasteiger charge is -2.33. The molecule has 28 heavy (non-hydrogen) atoms. The molecule has 3 aliphatic rings. The monoisotopic (exact) mass is 405 g/mol. The zero-order valence-electron chi connectivity index (χ0n) is 16.7. The van der Waals surface area contributed by atoms with Gasteiger partial charge >= 0.3 is 6.09 Å². The van der Waals surface area contributed by atoms with Gasteiger partial charge < -0.3 is 15.0 Å². The lowest BCUT2D eigenvalue weighted by Crippen LogP contribution is -2.47. The molecule has 1 aromatic heterocycles. The van der Waals surface area contributed by atoms with Gasteiger partial charge in [-0.05, 0) is 69.0 Å². The van der Waals surface area contributed by atoms with E-state index in [1.807, 2.05) is 18.3 Å². The van der Waals surface area contributed by atoms with Crippen molar-refractivity contribution >= 4 is 23.3 Å². The van der Waals surface area contributed by atoms with Crippen molar-refractivity contribution in [2.24, 2.45) is 11.3 Å². The Hall–Kier alpha value is -1.60. The Kier molecular flexibility index (Phi) is 5.92. The number of hydrogen-bond acceptors (Lipinski definition) is 5. The molecule has 1 atom stereocenters. The van der Waals surface area contributed by atoms with Crippen molar-refractivity contribution in [3.63, 3.8) is 0 Å². The molecule has 2 amide bonds. The van der Waals surface area contributed by atoms with E-state index in [9.17, 15) is 9.59 Å². The first-order valence-electron chi connectivity index (χ1n) is 10.6. The van der Waals surface area contributed by atoms with Gasteiger partial charge in [-0.2, -0.15) is 0 Å². The molecular weight excluding hydrogens is 374 g/mol. The summed E-state index contributed by atoms with van der Waals surface area (Å²) in [4.78, 5) is 30.3. The molecule has 3 heterocycles. The van der Waals surface area contributed by atoms with Crippen LogP contribution in [0.1, 0.15) is 43.9 Å². The fourth-order valence-electron chi connectivity index (χ4n) is 4.77. The maximum Gasteiger partial charge on any atom is 0.409 e. The number of rotatable bonds is 5. The van der Waals surface area contributed by atoms with Gasteiger partial charge in [0.25, 0.3) is 0 Å². The van der Waals surface area contributed by atoms with Crippen LogP contribution >= 0.6 is 11.3 Å². The first-order valence-corrected chi connectivity index (χ1v) is 11.4. The normalized spacial score (nSPS) is 24.9. The molecule has 1 N–H and O–H groups in total. The number of piperidine rings is 2. The second kappa shape index (κ2) is 8.41. The van der Waals surface area contributed by atoms with Crippen LogP contribution in [-0.4, -0.2) is 60.6 Å². The van der Waals surface area contributed by atoms with Crippen LogP contribution in [-0.2, 0) is 16.1 Å². The summed E-state index contributed by atoms with van der Waals surface area (Å²) in [5.41, 5.74) is 0.252. The highest BCUT2D eigenvalue weighted by atomic mass is 32.1. The van der Waals surface area contributed by atoms with Crippen molar-refractivity contribution in [3.05, 3.63) is 22.4 Å². The van der Waals surface area contributed by atoms with Gasteiger partial charge in [0.1, 0.15) is 0 Å². The summed E-state index contributed by atoms with van der Waals surface area (Å²) in [5, 5.41) is 5.40. The highest BCUT2D eigenvalue weighted by Gasteiger charge is 2.58. The number of hydrogen-bond donors (Lipinski definition) is 1.